The fourth-order valence-electron chi connectivity index (χ4n) is 12.4. The molecule has 0 saturated carbocycles. The minimum Gasteiger partial charge on any atom is -0.310 e. The van der Waals surface area contributed by atoms with Crippen LogP contribution in [0.2, 0.25) is 0 Å². The van der Waals surface area contributed by atoms with Crippen molar-refractivity contribution >= 4 is 55.9 Å². The summed E-state index contributed by atoms with van der Waals surface area (Å²) in [6.45, 7) is 4.76. The van der Waals surface area contributed by atoms with Gasteiger partial charge in [0, 0.05) is 44.5 Å². The van der Waals surface area contributed by atoms with E-state index in [1.807, 2.05) is 0 Å². The van der Waals surface area contributed by atoms with Crippen LogP contribution in [0.1, 0.15) is 47.2 Å². The number of aromatic nitrogens is 1. The maximum absolute atomic E-state index is 2.53. The molecule has 2 heterocycles. The summed E-state index contributed by atoms with van der Waals surface area (Å²) >= 11 is 0. The van der Waals surface area contributed by atoms with Crippen molar-refractivity contribution in [1.82, 2.24) is 4.57 Å². The number of fused-ring (bicyclic) bond motifs is 15. The molecule has 1 spiro atoms. The van der Waals surface area contributed by atoms with E-state index in [0.717, 1.165) is 28.4 Å². The molecule has 0 fully saturated rings. The Morgan fingerprint density at radius 1 is 0.358 bits per heavy atom. The lowest BCUT2D eigenvalue weighted by atomic mass is 9.64. The van der Waals surface area contributed by atoms with Gasteiger partial charge >= 0.3 is 0 Å². The minimum atomic E-state index is -0.575. The Bertz CT molecular complexity index is 3700. The van der Waals surface area contributed by atoms with Crippen molar-refractivity contribution in [2.75, 3.05) is 9.80 Å². The van der Waals surface area contributed by atoms with E-state index in [2.05, 4.69) is 265 Å². The predicted octanol–water partition coefficient (Wildman–Crippen LogP) is 16.7. The van der Waals surface area contributed by atoms with Gasteiger partial charge in [0.25, 0.3) is 0 Å². The highest BCUT2D eigenvalue weighted by atomic mass is 15.2. The number of nitrogens with zero attached hydrogens (tertiary/aromatic N) is 3. The quantitative estimate of drug-likeness (QED) is 0.171. The van der Waals surface area contributed by atoms with Gasteiger partial charge < -0.3 is 14.4 Å². The molecule has 1 aliphatic heterocycles. The molecular weight excluding hydrogens is 811 g/mol. The van der Waals surface area contributed by atoms with Crippen LogP contribution in [0.25, 0.3) is 49.7 Å². The normalized spacial score (nSPS) is 14.3. The van der Waals surface area contributed by atoms with Crippen molar-refractivity contribution in [3.05, 3.63) is 270 Å². The van der Waals surface area contributed by atoms with Crippen molar-refractivity contribution < 1.29 is 0 Å². The zero-order chi connectivity index (χ0) is 44.4. The number of anilines is 6. The molecule has 14 rings (SSSR count). The van der Waals surface area contributed by atoms with Crippen LogP contribution in [0, 0.1) is 0 Å². The van der Waals surface area contributed by atoms with Gasteiger partial charge in [-0.05, 0) is 129 Å². The highest BCUT2D eigenvalue weighted by Crippen LogP contribution is 2.65. The molecule has 0 N–H and O–H groups in total. The van der Waals surface area contributed by atoms with Crippen molar-refractivity contribution in [3.8, 4) is 27.9 Å². The third kappa shape index (κ3) is 5.11. The van der Waals surface area contributed by atoms with Crippen LogP contribution < -0.4 is 9.80 Å². The van der Waals surface area contributed by atoms with Gasteiger partial charge in [0.1, 0.15) is 0 Å². The first-order valence-corrected chi connectivity index (χ1v) is 23.4. The third-order valence-corrected chi connectivity index (χ3v) is 15.2. The molecule has 3 aliphatic rings. The monoisotopic (exact) mass is 855 g/mol. The summed E-state index contributed by atoms with van der Waals surface area (Å²) in [7, 11) is 0. The van der Waals surface area contributed by atoms with E-state index >= 15 is 0 Å². The fourth-order valence-corrected chi connectivity index (χ4v) is 12.4. The highest BCUT2D eigenvalue weighted by Gasteiger charge is 2.52. The lowest BCUT2D eigenvalue weighted by molar-refractivity contribution is 0.660. The first-order chi connectivity index (χ1) is 33.0. The van der Waals surface area contributed by atoms with Crippen LogP contribution in [0.3, 0.4) is 0 Å². The maximum atomic E-state index is 2.53. The van der Waals surface area contributed by atoms with Crippen LogP contribution in [-0.4, -0.2) is 4.57 Å². The van der Waals surface area contributed by atoms with Crippen molar-refractivity contribution in [1.29, 1.82) is 0 Å². The first kappa shape index (κ1) is 37.9. The molecule has 0 amide bonds. The lowest BCUT2D eigenvalue weighted by Crippen LogP contribution is -2.36. The molecule has 0 bridgehead atoms. The van der Waals surface area contributed by atoms with E-state index in [0.29, 0.717) is 0 Å². The zero-order valence-corrected chi connectivity index (χ0v) is 37.4. The maximum Gasteiger partial charge on any atom is 0.0755 e. The van der Waals surface area contributed by atoms with E-state index in [1.165, 1.54) is 88.8 Å². The van der Waals surface area contributed by atoms with E-state index in [4.69, 9.17) is 0 Å². The largest absolute Gasteiger partial charge is 0.310 e. The summed E-state index contributed by atoms with van der Waals surface area (Å²) in [5, 5.41) is 2.52. The van der Waals surface area contributed by atoms with Crippen molar-refractivity contribution in [2.24, 2.45) is 0 Å². The smallest absolute Gasteiger partial charge is 0.0755 e. The molecule has 11 aromatic rings. The predicted molar refractivity (Wildman–Crippen MR) is 279 cm³/mol. The lowest BCUT2D eigenvalue weighted by Gasteiger charge is -2.45. The standard InChI is InChI=1S/C64H45N3/c1-63(2)51-25-10-6-21-46(51)47-40-39-45(41-56(47)63)65(43-35-37-44(38-36-43)66-57-30-14-8-22-48(57)49-23-9-15-31-58(49)66)61-34-18-29-55-62(61)50-24-7-11-26-52(50)64(55)53-27-12-16-32-59(53)67(42-19-4-3-5-20-42)60-33-17-13-28-54(60)64/h3-41H,1-2H3. The summed E-state index contributed by atoms with van der Waals surface area (Å²) in [6, 6.07) is 88.1. The van der Waals surface area contributed by atoms with Crippen molar-refractivity contribution in [3.63, 3.8) is 0 Å². The summed E-state index contributed by atoms with van der Waals surface area (Å²) in [5.74, 6) is 0. The second-order valence-electron chi connectivity index (χ2n) is 18.8. The van der Waals surface area contributed by atoms with Gasteiger partial charge in [-0.3, -0.25) is 0 Å². The molecule has 0 radical (unpaired) electrons. The molecule has 1 aromatic heterocycles. The van der Waals surface area contributed by atoms with Gasteiger partial charge in [0.15, 0.2) is 0 Å². The van der Waals surface area contributed by atoms with Crippen LogP contribution in [0.15, 0.2) is 237 Å². The summed E-state index contributed by atoms with van der Waals surface area (Å²) in [5.41, 5.74) is 22.7. The number of hydrogen-bond acceptors (Lipinski definition) is 2. The third-order valence-electron chi connectivity index (χ3n) is 15.2. The molecule has 3 nitrogen and oxygen atoms in total. The topological polar surface area (TPSA) is 11.4 Å². The van der Waals surface area contributed by atoms with E-state index in [-0.39, 0.29) is 5.41 Å². The second-order valence-corrected chi connectivity index (χ2v) is 18.8. The molecule has 2 aliphatic carbocycles. The van der Waals surface area contributed by atoms with E-state index in [1.54, 1.807) is 0 Å². The Morgan fingerprint density at radius 3 is 1.57 bits per heavy atom. The Kier molecular flexibility index (Phi) is 7.95. The van der Waals surface area contributed by atoms with Crippen LogP contribution in [0.4, 0.5) is 34.1 Å². The SMILES string of the molecule is CC1(C)c2ccccc2-c2ccc(N(c3ccc(-n4c5ccccc5c5ccccc54)cc3)c3cccc4c3-c3ccccc3C43c4ccccc4N(c4ccccc4)c4ccccc43)cc21. The van der Waals surface area contributed by atoms with Crippen LogP contribution in [-0.2, 0) is 10.8 Å². The van der Waals surface area contributed by atoms with Gasteiger partial charge in [-0.2, -0.15) is 0 Å². The number of para-hydroxylation sites is 5. The summed E-state index contributed by atoms with van der Waals surface area (Å²) in [6.07, 6.45) is 0. The minimum absolute atomic E-state index is 0.163. The van der Waals surface area contributed by atoms with Crippen molar-refractivity contribution in [2.45, 2.75) is 24.7 Å². The Balaban J connectivity index is 1.03. The van der Waals surface area contributed by atoms with Crippen LogP contribution >= 0.6 is 0 Å². The van der Waals surface area contributed by atoms with Gasteiger partial charge in [-0.15, -0.1) is 0 Å². The number of rotatable bonds is 5. The Morgan fingerprint density at radius 2 is 0.881 bits per heavy atom. The average molecular weight is 856 g/mol. The summed E-state index contributed by atoms with van der Waals surface area (Å²) in [4.78, 5) is 4.98. The highest BCUT2D eigenvalue weighted by molar-refractivity contribution is 6.09. The van der Waals surface area contributed by atoms with Gasteiger partial charge in [0.2, 0.25) is 0 Å². The van der Waals surface area contributed by atoms with E-state index in [9.17, 15) is 0 Å². The van der Waals surface area contributed by atoms with E-state index < -0.39 is 5.41 Å². The van der Waals surface area contributed by atoms with Gasteiger partial charge in [0.05, 0.1) is 33.5 Å². The van der Waals surface area contributed by atoms with Gasteiger partial charge in [-0.25, -0.2) is 0 Å². The van der Waals surface area contributed by atoms with Gasteiger partial charge in [-0.1, -0.05) is 172 Å². The molecular formula is C64H45N3. The Labute approximate surface area is 391 Å². The average Bonchev–Trinajstić information content (AvgIpc) is 3.96. The molecule has 0 atom stereocenters. The molecule has 10 aromatic carbocycles. The first-order valence-electron chi connectivity index (χ1n) is 23.4. The van der Waals surface area contributed by atoms with Crippen LogP contribution in [0.5, 0.6) is 0 Å². The zero-order valence-electron chi connectivity index (χ0n) is 37.4. The second kappa shape index (κ2) is 14.1. The molecule has 0 saturated heterocycles. The molecule has 316 valence electrons. The summed E-state index contributed by atoms with van der Waals surface area (Å²) < 4.78 is 2.41. The number of hydrogen-bond donors (Lipinski definition) is 0. The molecule has 0 unspecified atom stereocenters. The fraction of sp³-hybridized carbons (Fsp3) is 0.0625. The molecule has 3 heteroatoms. The Hall–Kier alpha value is -8.40. The molecule has 67 heavy (non-hydrogen) atoms. The number of benzene rings is 10.